The Hall–Kier alpha value is -2.93. The molecule has 7 heteroatoms. The van der Waals surface area contributed by atoms with E-state index in [1.165, 1.54) is 0 Å². The number of carbonyl (C=O) groups is 2. The highest BCUT2D eigenvalue weighted by Gasteiger charge is 2.26. The number of nitrogens with zero attached hydrogens (tertiary/aromatic N) is 4. The summed E-state index contributed by atoms with van der Waals surface area (Å²) in [6, 6.07) is 15.4. The molecule has 2 aromatic rings. The second kappa shape index (κ2) is 9.71. The third kappa shape index (κ3) is 5.16. The van der Waals surface area contributed by atoms with E-state index >= 15 is 0 Å². The molecule has 4 rings (SSSR count). The van der Waals surface area contributed by atoms with Crippen LogP contribution in [0.15, 0.2) is 54.7 Å². The molecule has 1 aromatic carbocycles. The predicted molar refractivity (Wildman–Crippen MR) is 116 cm³/mol. The van der Waals surface area contributed by atoms with Crippen LogP contribution in [0.1, 0.15) is 23.2 Å². The molecule has 0 bridgehead atoms. The maximum absolute atomic E-state index is 12.7. The van der Waals surface area contributed by atoms with Crippen molar-refractivity contribution in [2.24, 2.45) is 0 Å². The number of benzene rings is 1. The molecule has 0 unspecified atom stereocenters. The van der Waals surface area contributed by atoms with Gasteiger partial charge in [-0.15, -0.1) is 0 Å². The molecule has 1 aromatic heterocycles. The number of piperazine rings is 1. The van der Waals surface area contributed by atoms with E-state index in [0.29, 0.717) is 12.1 Å². The van der Waals surface area contributed by atoms with Crippen LogP contribution in [0.2, 0.25) is 0 Å². The standard InChI is InChI=1S/C23H29N5O2/c29-22(28-16-14-27(15-17-28)21-8-4-5-11-24-21)18-26-12-9-20(10-13-26)25-23(30)19-6-2-1-3-7-19/h1-8,11,20H,9-10,12-18H2,(H,25,30). The van der Waals surface area contributed by atoms with Crippen LogP contribution in [0.4, 0.5) is 5.82 Å². The van der Waals surface area contributed by atoms with Gasteiger partial charge in [0.1, 0.15) is 5.82 Å². The van der Waals surface area contributed by atoms with E-state index < -0.39 is 0 Å². The summed E-state index contributed by atoms with van der Waals surface area (Å²) in [5, 5.41) is 3.12. The van der Waals surface area contributed by atoms with Crippen molar-refractivity contribution in [2.45, 2.75) is 18.9 Å². The van der Waals surface area contributed by atoms with Crippen LogP contribution in [-0.4, -0.2) is 78.5 Å². The molecule has 3 heterocycles. The Morgan fingerprint density at radius 1 is 0.900 bits per heavy atom. The van der Waals surface area contributed by atoms with Crippen LogP contribution in [0.3, 0.4) is 0 Å². The number of likely N-dealkylation sites (tertiary alicyclic amines) is 1. The van der Waals surface area contributed by atoms with Crippen LogP contribution in [0, 0.1) is 0 Å². The van der Waals surface area contributed by atoms with Gasteiger partial charge in [-0.25, -0.2) is 4.98 Å². The fourth-order valence-electron chi connectivity index (χ4n) is 4.11. The zero-order chi connectivity index (χ0) is 20.8. The first kappa shape index (κ1) is 20.3. The molecule has 2 fully saturated rings. The molecule has 0 aliphatic carbocycles. The summed E-state index contributed by atoms with van der Waals surface area (Å²) in [7, 11) is 0. The summed E-state index contributed by atoms with van der Waals surface area (Å²) in [6.07, 6.45) is 3.55. The average molecular weight is 408 g/mol. The van der Waals surface area contributed by atoms with Crippen molar-refractivity contribution in [3.63, 3.8) is 0 Å². The fourth-order valence-corrected chi connectivity index (χ4v) is 4.11. The predicted octanol–water partition coefficient (Wildman–Crippen LogP) is 1.62. The summed E-state index contributed by atoms with van der Waals surface area (Å²) < 4.78 is 0. The number of hydrogen-bond donors (Lipinski definition) is 1. The molecule has 7 nitrogen and oxygen atoms in total. The van der Waals surface area contributed by atoms with Gasteiger partial charge < -0.3 is 15.1 Å². The van der Waals surface area contributed by atoms with Crippen molar-refractivity contribution in [2.75, 3.05) is 50.7 Å². The number of carbonyl (C=O) groups excluding carboxylic acids is 2. The lowest BCUT2D eigenvalue weighted by Gasteiger charge is -2.37. The highest BCUT2D eigenvalue weighted by atomic mass is 16.2. The zero-order valence-electron chi connectivity index (χ0n) is 17.2. The maximum atomic E-state index is 12.7. The van der Waals surface area contributed by atoms with E-state index in [9.17, 15) is 9.59 Å². The summed E-state index contributed by atoms with van der Waals surface area (Å²) in [6.45, 7) is 5.23. The molecular formula is C23H29N5O2. The Labute approximate surface area is 177 Å². The van der Waals surface area contributed by atoms with Gasteiger partial charge in [-0.3, -0.25) is 14.5 Å². The van der Waals surface area contributed by atoms with Gasteiger partial charge in [0.25, 0.3) is 5.91 Å². The summed E-state index contributed by atoms with van der Waals surface area (Å²) in [5.74, 6) is 1.16. The molecule has 30 heavy (non-hydrogen) atoms. The molecule has 2 aliphatic heterocycles. The van der Waals surface area contributed by atoms with E-state index in [-0.39, 0.29) is 17.9 Å². The van der Waals surface area contributed by atoms with Gasteiger partial charge >= 0.3 is 0 Å². The third-order valence-corrected chi connectivity index (χ3v) is 5.92. The van der Waals surface area contributed by atoms with Crippen LogP contribution >= 0.6 is 0 Å². The normalized spacial score (nSPS) is 18.3. The molecule has 0 atom stereocenters. The van der Waals surface area contributed by atoms with Crippen LogP contribution in [-0.2, 0) is 4.79 Å². The molecule has 2 amide bonds. The van der Waals surface area contributed by atoms with E-state index in [1.807, 2.05) is 53.4 Å². The zero-order valence-corrected chi connectivity index (χ0v) is 17.2. The first-order valence-electron chi connectivity index (χ1n) is 10.7. The minimum absolute atomic E-state index is 0.0177. The second-order valence-electron chi connectivity index (χ2n) is 7.95. The van der Waals surface area contributed by atoms with Gasteiger partial charge in [-0.05, 0) is 37.1 Å². The summed E-state index contributed by atoms with van der Waals surface area (Å²) in [5.41, 5.74) is 0.694. The summed E-state index contributed by atoms with van der Waals surface area (Å²) in [4.78, 5) is 35.8. The number of piperidine rings is 1. The maximum Gasteiger partial charge on any atom is 0.251 e. The number of pyridine rings is 1. The van der Waals surface area contributed by atoms with Crippen molar-refractivity contribution in [3.8, 4) is 0 Å². The van der Waals surface area contributed by atoms with Gasteiger partial charge in [0.15, 0.2) is 0 Å². The lowest BCUT2D eigenvalue weighted by atomic mass is 10.0. The Balaban J connectivity index is 1.18. The molecule has 0 spiro atoms. The minimum atomic E-state index is -0.0177. The third-order valence-electron chi connectivity index (χ3n) is 5.92. The van der Waals surface area contributed by atoms with Crippen molar-refractivity contribution >= 4 is 17.6 Å². The van der Waals surface area contributed by atoms with Gasteiger partial charge in [-0.1, -0.05) is 24.3 Å². The first-order chi connectivity index (χ1) is 14.7. The van der Waals surface area contributed by atoms with Crippen LogP contribution in [0.25, 0.3) is 0 Å². The molecule has 158 valence electrons. The Kier molecular flexibility index (Phi) is 6.59. The first-order valence-corrected chi connectivity index (χ1v) is 10.7. The molecule has 1 N–H and O–H groups in total. The number of amides is 2. The van der Waals surface area contributed by atoms with Crippen molar-refractivity contribution in [3.05, 3.63) is 60.3 Å². The average Bonchev–Trinajstić information content (AvgIpc) is 2.81. The van der Waals surface area contributed by atoms with Crippen molar-refractivity contribution in [1.82, 2.24) is 20.1 Å². The number of hydrogen-bond acceptors (Lipinski definition) is 5. The Morgan fingerprint density at radius 3 is 2.27 bits per heavy atom. The Bertz CT molecular complexity index is 829. The van der Waals surface area contributed by atoms with Crippen LogP contribution < -0.4 is 10.2 Å². The summed E-state index contributed by atoms with van der Waals surface area (Å²) >= 11 is 0. The van der Waals surface area contributed by atoms with E-state index in [1.54, 1.807) is 6.20 Å². The second-order valence-corrected chi connectivity index (χ2v) is 7.95. The Morgan fingerprint density at radius 2 is 1.60 bits per heavy atom. The molecule has 0 radical (unpaired) electrons. The van der Waals surface area contributed by atoms with Gasteiger partial charge in [0.2, 0.25) is 5.91 Å². The SMILES string of the molecule is O=C(NC1CCN(CC(=O)N2CCN(c3ccccn3)CC2)CC1)c1ccccc1. The van der Waals surface area contributed by atoms with Gasteiger partial charge in [0.05, 0.1) is 6.54 Å². The topological polar surface area (TPSA) is 68.8 Å². The molecule has 2 saturated heterocycles. The number of nitrogens with one attached hydrogen (secondary N) is 1. The largest absolute Gasteiger partial charge is 0.353 e. The van der Waals surface area contributed by atoms with E-state index in [0.717, 1.165) is 57.9 Å². The minimum Gasteiger partial charge on any atom is -0.353 e. The number of aromatic nitrogens is 1. The van der Waals surface area contributed by atoms with Gasteiger partial charge in [-0.2, -0.15) is 0 Å². The number of rotatable bonds is 5. The van der Waals surface area contributed by atoms with E-state index in [2.05, 4.69) is 20.1 Å². The smallest absolute Gasteiger partial charge is 0.251 e. The fraction of sp³-hybridized carbons (Fsp3) is 0.435. The lowest BCUT2D eigenvalue weighted by molar-refractivity contribution is -0.133. The molecular weight excluding hydrogens is 378 g/mol. The van der Waals surface area contributed by atoms with Gasteiger partial charge in [0, 0.05) is 57.1 Å². The molecule has 0 saturated carbocycles. The van der Waals surface area contributed by atoms with Crippen LogP contribution in [0.5, 0.6) is 0 Å². The highest BCUT2D eigenvalue weighted by Crippen LogP contribution is 2.15. The highest BCUT2D eigenvalue weighted by molar-refractivity contribution is 5.94. The monoisotopic (exact) mass is 407 g/mol. The lowest BCUT2D eigenvalue weighted by Crippen LogP contribution is -2.53. The van der Waals surface area contributed by atoms with Crippen molar-refractivity contribution < 1.29 is 9.59 Å². The molecule has 2 aliphatic rings. The number of anilines is 1. The van der Waals surface area contributed by atoms with E-state index in [4.69, 9.17) is 0 Å². The van der Waals surface area contributed by atoms with Crippen molar-refractivity contribution in [1.29, 1.82) is 0 Å². The quantitative estimate of drug-likeness (QED) is 0.816.